The Kier molecular flexibility index (Phi) is 5.49. The van der Waals surface area contributed by atoms with Crippen LogP contribution in [-0.2, 0) is 6.42 Å². The molecule has 0 saturated carbocycles. The van der Waals surface area contributed by atoms with Crippen LogP contribution in [0.25, 0.3) is 11.1 Å². The van der Waals surface area contributed by atoms with E-state index in [-0.39, 0.29) is 23.2 Å². The van der Waals surface area contributed by atoms with Crippen LogP contribution < -0.4 is 10.5 Å². The first-order valence-corrected chi connectivity index (χ1v) is 8.51. The zero-order valence-electron chi connectivity index (χ0n) is 13.5. The topological polar surface area (TPSA) is 68.4 Å². The van der Waals surface area contributed by atoms with E-state index in [0.717, 1.165) is 11.1 Å². The van der Waals surface area contributed by atoms with Crippen molar-refractivity contribution in [2.24, 2.45) is 0 Å². The molecule has 0 aliphatic rings. The summed E-state index contributed by atoms with van der Waals surface area (Å²) in [6.45, 7) is 0.193. The van der Waals surface area contributed by atoms with E-state index in [1.54, 1.807) is 30.5 Å². The first-order chi connectivity index (χ1) is 12.5. The standard InChI is InChI=1S/C19H15Cl2FN2O2/c20-15-4-5-16(22)18(21)14(15)6-7-26-17-9-12(10-24-19(17)23)11-2-1-3-13(25)8-11/h1-5,8-10,25H,6-7H2,(H2,23,24). The molecule has 0 unspecified atom stereocenters. The fraction of sp³-hybridized carbons (Fsp3) is 0.105. The van der Waals surface area contributed by atoms with Crippen molar-refractivity contribution in [2.45, 2.75) is 6.42 Å². The van der Waals surface area contributed by atoms with E-state index in [2.05, 4.69) is 4.98 Å². The maximum absolute atomic E-state index is 13.6. The minimum atomic E-state index is -0.530. The molecule has 0 spiro atoms. The van der Waals surface area contributed by atoms with Crippen LogP contribution in [-0.4, -0.2) is 16.7 Å². The van der Waals surface area contributed by atoms with E-state index in [9.17, 15) is 9.50 Å². The molecule has 7 heteroatoms. The van der Waals surface area contributed by atoms with Gasteiger partial charge in [0.15, 0.2) is 11.6 Å². The van der Waals surface area contributed by atoms with Gasteiger partial charge in [-0.25, -0.2) is 9.37 Å². The summed E-state index contributed by atoms with van der Waals surface area (Å²) in [6, 6.07) is 11.2. The maximum Gasteiger partial charge on any atom is 0.166 e. The van der Waals surface area contributed by atoms with Crippen LogP contribution in [0.5, 0.6) is 11.5 Å². The highest BCUT2D eigenvalue weighted by molar-refractivity contribution is 6.36. The molecule has 3 aromatic rings. The van der Waals surface area contributed by atoms with Crippen LogP contribution in [0, 0.1) is 5.82 Å². The summed E-state index contributed by atoms with van der Waals surface area (Å²) in [7, 11) is 0. The van der Waals surface area contributed by atoms with Crippen molar-refractivity contribution in [3.05, 3.63) is 70.1 Å². The van der Waals surface area contributed by atoms with Gasteiger partial charge in [0, 0.05) is 23.2 Å². The molecule has 0 aliphatic heterocycles. The van der Waals surface area contributed by atoms with Gasteiger partial charge in [-0.05, 0) is 41.5 Å². The number of aromatic nitrogens is 1. The lowest BCUT2D eigenvalue weighted by molar-refractivity contribution is 0.322. The summed E-state index contributed by atoms with van der Waals surface area (Å²) in [5.41, 5.74) is 7.86. The summed E-state index contributed by atoms with van der Waals surface area (Å²) >= 11 is 12.0. The molecule has 4 nitrogen and oxygen atoms in total. The van der Waals surface area contributed by atoms with Crippen LogP contribution in [0.15, 0.2) is 48.7 Å². The lowest BCUT2D eigenvalue weighted by atomic mass is 10.1. The number of ether oxygens (including phenoxy) is 1. The molecule has 0 amide bonds. The number of aromatic hydroxyl groups is 1. The molecule has 3 N–H and O–H groups in total. The fourth-order valence-corrected chi connectivity index (χ4v) is 3.04. The van der Waals surface area contributed by atoms with E-state index in [0.29, 0.717) is 22.8 Å². The molecule has 1 heterocycles. The molecular formula is C19H15Cl2FN2O2. The average molecular weight is 393 g/mol. The Morgan fingerprint density at radius 1 is 1.12 bits per heavy atom. The number of nitrogens with two attached hydrogens (primary N) is 1. The largest absolute Gasteiger partial charge is 0.508 e. The molecule has 0 aliphatic carbocycles. The van der Waals surface area contributed by atoms with Gasteiger partial charge in [0.25, 0.3) is 0 Å². The number of anilines is 1. The van der Waals surface area contributed by atoms with Gasteiger partial charge < -0.3 is 15.6 Å². The Morgan fingerprint density at radius 2 is 1.92 bits per heavy atom. The molecular weight excluding hydrogens is 378 g/mol. The monoisotopic (exact) mass is 392 g/mol. The molecule has 2 aromatic carbocycles. The average Bonchev–Trinajstić information content (AvgIpc) is 2.62. The lowest BCUT2D eigenvalue weighted by Gasteiger charge is -2.12. The molecule has 3 rings (SSSR count). The minimum Gasteiger partial charge on any atom is -0.508 e. The van der Waals surface area contributed by atoms with Crippen molar-refractivity contribution < 1.29 is 14.2 Å². The Balaban J connectivity index is 1.76. The van der Waals surface area contributed by atoms with E-state index >= 15 is 0 Å². The van der Waals surface area contributed by atoms with E-state index < -0.39 is 5.82 Å². The van der Waals surface area contributed by atoms with Gasteiger partial charge in [0.05, 0.1) is 11.6 Å². The molecule has 0 bridgehead atoms. The summed E-state index contributed by atoms with van der Waals surface area (Å²) < 4.78 is 19.3. The summed E-state index contributed by atoms with van der Waals surface area (Å²) in [4.78, 5) is 4.12. The van der Waals surface area contributed by atoms with Gasteiger partial charge >= 0.3 is 0 Å². The quantitative estimate of drug-likeness (QED) is 0.592. The zero-order valence-corrected chi connectivity index (χ0v) is 15.1. The van der Waals surface area contributed by atoms with Crippen molar-refractivity contribution in [1.82, 2.24) is 4.98 Å². The third-order valence-corrected chi connectivity index (χ3v) is 4.57. The van der Waals surface area contributed by atoms with Crippen molar-refractivity contribution >= 4 is 29.0 Å². The third-order valence-electron chi connectivity index (χ3n) is 3.81. The van der Waals surface area contributed by atoms with E-state index in [1.165, 1.54) is 12.1 Å². The number of hydrogen-bond donors (Lipinski definition) is 2. The van der Waals surface area contributed by atoms with Gasteiger partial charge in [-0.1, -0.05) is 35.3 Å². The Bertz CT molecular complexity index is 951. The Hall–Kier alpha value is -2.50. The zero-order chi connectivity index (χ0) is 18.7. The number of halogens is 3. The van der Waals surface area contributed by atoms with Crippen molar-refractivity contribution in [3.8, 4) is 22.6 Å². The van der Waals surface area contributed by atoms with Gasteiger partial charge in [-0.2, -0.15) is 0 Å². The van der Waals surface area contributed by atoms with Crippen molar-refractivity contribution in [2.75, 3.05) is 12.3 Å². The Morgan fingerprint density at radius 3 is 2.69 bits per heavy atom. The second kappa shape index (κ2) is 7.81. The summed E-state index contributed by atoms with van der Waals surface area (Å²) in [5, 5.41) is 9.97. The second-order valence-corrected chi connectivity index (χ2v) is 6.36. The summed E-state index contributed by atoms with van der Waals surface area (Å²) in [5.74, 6) is 0.232. The van der Waals surface area contributed by atoms with Crippen LogP contribution in [0.4, 0.5) is 10.2 Å². The molecule has 1 aromatic heterocycles. The van der Waals surface area contributed by atoms with E-state index in [1.807, 2.05) is 6.07 Å². The molecule has 0 fully saturated rings. The molecule has 0 saturated heterocycles. The maximum atomic E-state index is 13.6. The lowest BCUT2D eigenvalue weighted by Crippen LogP contribution is -2.06. The molecule has 26 heavy (non-hydrogen) atoms. The first kappa shape index (κ1) is 18.3. The van der Waals surface area contributed by atoms with Crippen molar-refractivity contribution in [3.63, 3.8) is 0 Å². The minimum absolute atomic E-state index is 0.0132. The van der Waals surface area contributed by atoms with Crippen LogP contribution >= 0.6 is 23.2 Å². The fourth-order valence-electron chi connectivity index (χ4n) is 2.48. The van der Waals surface area contributed by atoms with Gasteiger partial charge in [-0.3, -0.25) is 0 Å². The second-order valence-electron chi connectivity index (χ2n) is 5.58. The highest BCUT2D eigenvalue weighted by Gasteiger charge is 2.12. The number of phenolic OH excluding ortho intramolecular Hbond substituents is 1. The van der Waals surface area contributed by atoms with Crippen LogP contribution in [0.1, 0.15) is 5.56 Å². The van der Waals surface area contributed by atoms with Gasteiger partial charge in [0.1, 0.15) is 11.6 Å². The molecule has 0 radical (unpaired) electrons. The number of nitrogens with zero attached hydrogens (tertiary/aromatic N) is 1. The van der Waals surface area contributed by atoms with E-state index in [4.69, 9.17) is 33.7 Å². The first-order valence-electron chi connectivity index (χ1n) is 7.76. The van der Waals surface area contributed by atoms with Crippen molar-refractivity contribution in [1.29, 1.82) is 0 Å². The number of benzene rings is 2. The number of nitrogen functional groups attached to an aromatic ring is 1. The number of hydrogen-bond acceptors (Lipinski definition) is 4. The van der Waals surface area contributed by atoms with Crippen LogP contribution in [0.2, 0.25) is 10.0 Å². The Labute approximate surface area is 160 Å². The number of pyridine rings is 1. The summed E-state index contributed by atoms with van der Waals surface area (Å²) in [6.07, 6.45) is 1.91. The van der Waals surface area contributed by atoms with Crippen LogP contribution in [0.3, 0.4) is 0 Å². The predicted molar refractivity (Wildman–Crippen MR) is 101 cm³/mol. The SMILES string of the molecule is Nc1ncc(-c2cccc(O)c2)cc1OCCc1c(Cl)ccc(F)c1Cl. The smallest absolute Gasteiger partial charge is 0.166 e. The predicted octanol–water partition coefficient (Wildman–Crippen LogP) is 5.10. The number of phenols is 1. The highest BCUT2D eigenvalue weighted by atomic mass is 35.5. The molecule has 134 valence electrons. The normalized spacial score (nSPS) is 10.7. The third kappa shape index (κ3) is 4.00. The number of rotatable bonds is 5. The highest BCUT2D eigenvalue weighted by Crippen LogP contribution is 2.30. The molecule has 0 atom stereocenters. The van der Waals surface area contributed by atoms with Gasteiger partial charge in [-0.15, -0.1) is 0 Å². The van der Waals surface area contributed by atoms with Gasteiger partial charge in [0.2, 0.25) is 0 Å².